The largest absolute Gasteiger partial charge is 0.369 e. The summed E-state index contributed by atoms with van der Waals surface area (Å²) in [5.41, 5.74) is 13.3. The van der Waals surface area contributed by atoms with E-state index in [4.69, 9.17) is 11.5 Å². The maximum Gasteiger partial charge on any atom is 0.220 e. The summed E-state index contributed by atoms with van der Waals surface area (Å²) in [6.45, 7) is 3.05. The number of nitrogens with two attached hydrogens (primary N) is 2. The molecule has 2 aliphatic carbocycles. The number of guanidine groups is 2. The normalized spacial score (nSPS) is 23.0. The third kappa shape index (κ3) is 3.22. The van der Waals surface area contributed by atoms with Gasteiger partial charge >= 0.3 is 0 Å². The summed E-state index contributed by atoms with van der Waals surface area (Å²) in [4.78, 5) is 35.5. The molecular formula is C21H27FN6O2. The molecule has 4 rings (SSSR count). The zero-order valence-corrected chi connectivity index (χ0v) is 17.3. The minimum absolute atomic E-state index is 0.0922. The van der Waals surface area contributed by atoms with Crippen molar-refractivity contribution in [1.82, 2.24) is 5.32 Å². The van der Waals surface area contributed by atoms with Gasteiger partial charge in [-0.05, 0) is 62.6 Å². The van der Waals surface area contributed by atoms with Crippen molar-refractivity contribution in [1.29, 1.82) is 0 Å². The van der Waals surface area contributed by atoms with Crippen molar-refractivity contribution < 1.29 is 14.0 Å². The van der Waals surface area contributed by atoms with E-state index in [0.29, 0.717) is 48.1 Å². The lowest BCUT2D eigenvalue weighted by Crippen LogP contribution is -2.59. The predicted molar refractivity (Wildman–Crippen MR) is 113 cm³/mol. The van der Waals surface area contributed by atoms with Crippen LogP contribution in [0.15, 0.2) is 16.1 Å². The third-order valence-corrected chi connectivity index (χ3v) is 6.35. The van der Waals surface area contributed by atoms with Gasteiger partial charge in [-0.1, -0.05) is 6.42 Å². The number of hydrogen-bond donors (Lipinski definition) is 3. The molecule has 1 aromatic rings. The van der Waals surface area contributed by atoms with Gasteiger partial charge in [0.25, 0.3) is 0 Å². The van der Waals surface area contributed by atoms with Crippen molar-refractivity contribution in [2.45, 2.75) is 70.5 Å². The molecule has 0 saturated heterocycles. The minimum Gasteiger partial charge on any atom is -0.369 e. The molecule has 1 heterocycles. The Morgan fingerprint density at radius 3 is 2.67 bits per heavy atom. The molecule has 0 aromatic heterocycles. The van der Waals surface area contributed by atoms with Gasteiger partial charge in [-0.2, -0.15) is 4.99 Å². The first-order valence-corrected chi connectivity index (χ1v) is 10.4. The van der Waals surface area contributed by atoms with E-state index >= 15 is 0 Å². The number of halogens is 1. The van der Waals surface area contributed by atoms with Crippen LogP contribution in [0.1, 0.15) is 66.9 Å². The predicted octanol–water partition coefficient (Wildman–Crippen LogP) is 1.88. The highest BCUT2D eigenvalue weighted by Gasteiger charge is 2.45. The summed E-state index contributed by atoms with van der Waals surface area (Å²) in [5, 5.41) is 2.72. The number of aliphatic imine (C=N–C) groups is 2. The maximum atomic E-state index is 15.0. The van der Waals surface area contributed by atoms with Gasteiger partial charge in [-0.3, -0.25) is 14.5 Å². The van der Waals surface area contributed by atoms with Gasteiger partial charge in [-0.25, -0.2) is 9.38 Å². The van der Waals surface area contributed by atoms with Crippen molar-refractivity contribution >= 4 is 29.3 Å². The van der Waals surface area contributed by atoms with E-state index in [0.717, 1.165) is 19.3 Å². The summed E-state index contributed by atoms with van der Waals surface area (Å²) >= 11 is 0. The number of benzene rings is 1. The first kappa shape index (κ1) is 20.3. The average molecular weight is 414 g/mol. The molecular weight excluding hydrogens is 387 g/mol. The van der Waals surface area contributed by atoms with E-state index in [1.54, 1.807) is 11.8 Å². The van der Waals surface area contributed by atoms with Crippen LogP contribution in [-0.2, 0) is 11.2 Å². The SMILES string of the molecule is CC(=O)NC1CCc2c(C)c(F)cc(N3C(N)=NC(N)=NC34CCCCC4)c2C1=O. The Bertz CT molecular complexity index is 980. The molecule has 0 bridgehead atoms. The lowest BCUT2D eigenvalue weighted by molar-refractivity contribution is -0.119. The molecule has 160 valence electrons. The number of ketones is 1. The fraction of sp³-hybridized carbons (Fsp3) is 0.524. The van der Waals surface area contributed by atoms with Crippen molar-refractivity contribution in [2.75, 3.05) is 4.90 Å². The van der Waals surface area contributed by atoms with Crippen LogP contribution >= 0.6 is 0 Å². The molecule has 30 heavy (non-hydrogen) atoms. The number of hydrogen-bond acceptors (Lipinski definition) is 7. The number of nitrogens with one attached hydrogen (secondary N) is 1. The molecule has 0 radical (unpaired) electrons. The van der Waals surface area contributed by atoms with E-state index in [1.807, 2.05) is 0 Å². The van der Waals surface area contributed by atoms with Crippen LogP contribution in [0.25, 0.3) is 0 Å². The summed E-state index contributed by atoms with van der Waals surface area (Å²) in [5.74, 6) is -0.738. The number of carbonyl (C=O) groups is 2. The summed E-state index contributed by atoms with van der Waals surface area (Å²) < 4.78 is 15.0. The second kappa shape index (κ2) is 7.37. The van der Waals surface area contributed by atoms with Crippen LogP contribution in [0, 0.1) is 12.7 Å². The Morgan fingerprint density at radius 1 is 1.30 bits per heavy atom. The van der Waals surface area contributed by atoms with Crippen LogP contribution in [-0.4, -0.2) is 35.3 Å². The number of fused-ring (bicyclic) bond motifs is 1. The molecule has 3 aliphatic rings. The Hall–Kier alpha value is -2.97. The van der Waals surface area contributed by atoms with Gasteiger partial charge in [0.05, 0.1) is 11.7 Å². The van der Waals surface area contributed by atoms with E-state index in [2.05, 4.69) is 15.3 Å². The third-order valence-electron chi connectivity index (χ3n) is 6.35. The monoisotopic (exact) mass is 414 g/mol. The van der Waals surface area contributed by atoms with Crippen molar-refractivity contribution in [3.63, 3.8) is 0 Å². The van der Waals surface area contributed by atoms with Gasteiger partial charge in [0.2, 0.25) is 17.8 Å². The van der Waals surface area contributed by atoms with Crippen LogP contribution in [0.3, 0.4) is 0 Å². The van der Waals surface area contributed by atoms with Crippen molar-refractivity contribution in [3.8, 4) is 0 Å². The smallest absolute Gasteiger partial charge is 0.220 e. The number of anilines is 1. The Kier molecular flexibility index (Phi) is 4.99. The lowest BCUT2D eigenvalue weighted by atomic mass is 9.81. The van der Waals surface area contributed by atoms with Crippen LogP contribution in [0.2, 0.25) is 0 Å². The molecule has 9 heteroatoms. The molecule has 1 atom stereocenters. The van der Waals surface area contributed by atoms with E-state index in [1.165, 1.54) is 13.0 Å². The van der Waals surface area contributed by atoms with E-state index in [-0.39, 0.29) is 23.6 Å². The van der Waals surface area contributed by atoms with E-state index < -0.39 is 17.5 Å². The molecule has 1 fully saturated rings. The lowest BCUT2D eigenvalue weighted by Gasteiger charge is -2.46. The van der Waals surface area contributed by atoms with Crippen molar-refractivity contribution in [2.24, 2.45) is 21.5 Å². The summed E-state index contributed by atoms with van der Waals surface area (Å²) in [6.07, 6.45) is 5.15. The fourth-order valence-corrected chi connectivity index (χ4v) is 5.00. The highest BCUT2D eigenvalue weighted by atomic mass is 19.1. The Labute approximate surface area is 174 Å². The van der Waals surface area contributed by atoms with Crippen LogP contribution < -0.4 is 21.7 Å². The molecule has 1 spiro atoms. The van der Waals surface area contributed by atoms with Gasteiger partial charge in [0.1, 0.15) is 11.5 Å². The zero-order valence-electron chi connectivity index (χ0n) is 17.3. The molecule has 5 N–H and O–H groups in total. The minimum atomic E-state index is -0.787. The molecule has 1 unspecified atom stereocenters. The molecule has 8 nitrogen and oxygen atoms in total. The van der Waals surface area contributed by atoms with Gasteiger partial charge in [-0.15, -0.1) is 0 Å². The molecule has 1 aromatic carbocycles. The maximum absolute atomic E-state index is 15.0. The van der Waals surface area contributed by atoms with Crippen molar-refractivity contribution in [3.05, 3.63) is 28.6 Å². The first-order chi connectivity index (χ1) is 14.2. The second-order valence-corrected chi connectivity index (χ2v) is 8.33. The Balaban J connectivity index is 1.91. The van der Waals surface area contributed by atoms with Crippen LogP contribution in [0.4, 0.5) is 10.1 Å². The number of carbonyl (C=O) groups excluding carboxylic acids is 2. The molecule has 1 saturated carbocycles. The van der Waals surface area contributed by atoms with Gasteiger partial charge in [0, 0.05) is 12.5 Å². The highest BCUT2D eigenvalue weighted by molar-refractivity contribution is 6.13. The number of Topliss-reactive ketones (excluding diaryl/α,β-unsaturated/α-hetero) is 1. The standard InChI is InChI=1S/C21H27FN6O2/c1-11-13-6-7-15(25-12(2)29)18(30)17(13)16(10-14(11)22)28-20(24)26-19(23)27-21(28)8-4-3-5-9-21/h10,15H,3-9H2,1-2H3,(H,25,29)(H4,23,24,26,27). The van der Waals surface area contributed by atoms with Gasteiger partial charge in [0.15, 0.2) is 5.78 Å². The fourth-order valence-electron chi connectivity index (χ4n) is 5.00. The van der Waals surface area contributed by atoms with E-state index in [9.17, 15) is 14.0 Å². The average Bonchev–Trinajstić information content (AvgIpc) is 2.67. The number of nitrogens with zero attached hydrogens (tertiary/aromatic N) is 3. The number of amides is 1. The molecule has 1 amide bonds. The molecule has 1 aliphatic heterocycles. The number of rotatable bonds is 2. The quantitative estimate of drug-likeness (QED) is 0.681. The summed E-state index contributed by atoms with van der Waals surface area (Å²) in [7, 11) is 0. The van der Waals surface area contributed by atoms with Crippen LogP contribution in [0.5, 0.6) is 0 Å². The van der Waals surface area contributed by atoms with Gasteiger partial charge < -0.3 is 16.8 Å². The first-order valence-electron chi connectivity index (χ1n) is 10.4. The topological polar surface area (TPSA) is 126 Å². The zero-order chi connectivity index (χ0) is 21.6. The second-order valence-electron chi connectivity index (χ2n) is 8.33. The highest BCUT2D eigenvalue weighted by Crippen LogP contribution is 2.43. The summed E-state index contributed by atoms with van der Waals surface area (Å²) in [6, 6.07) is 0.690. The Morgan fingerprint density at radius 2 is 2.00 bits per heavy atom.